The molecule has 180 valence electrons. The van der Waals surface area contributed by atoms with Crippen molar-refractivity contribution in [2.24, 2.45) is 12.1 Å². The first-order chi connectivity index (χ1) is 15.8. The highest BCUT2D eigenvalue weighted by atomic mass is 32.2. The Kier molecular flexibility index (Phi) is 6.94. The Morgan fingerprint density at radius 3 is 2.18 bits per heavy atom. The Morgan fingerprint density at radius 2 is 1.65 bits per heavy atom. The summed E-state index contributed by atoms with van der Waals surface area (Å²) in [7, 11) is -0.552. The predicted molar refractivity (Wildman–Crippen MR) is 131 cm³/mol. The summed E-state index contributed by atoms with van der Waals surface area (Å²) < 4.78 is 27.4. The number of carbonyl (C=O) groups excluding carboxylic acids is 1. The molecule has 0 saturated heterocycles. The van der Waals surface area contributed by atoms with E-state index in [2.05, 4.69) is 41.1 Å². The van der Waals surface area contributed by atoms with Gasteiger partial charge in [-0.3, -0.25) is 9.48 Å². The number of aromatic hydroxyl groups is 1. The van der Waals surface area contributed by atoms with Crippen LogP contribution in [0.2, 0.25) is 0 Å². The minimum absolute atomic E-state index is 0.0150. The van der Waals surface area contributed by atoms with Crippen LogP contribution < -0.4 is 10.1 Å². The molecule has 10 heteroatoms. The van der Waals surface area contributed by atoms with Crippen molar-refractivity contribution < 1.29 is 18.3 Å². The second kappa shape index (κ2) is 9.40. The molecule has 3 N–H and O–H groups in total. The van der Waals surface area contributed by atoms with E-state index in [1.165, 1.54) is 36.9 Å². The third-order valence-corrected chi connectivity index (χ3v) is 6.84. The number of nitrogens with zero attached hydrogens (tertiary/aromatic N) is 3. The fourth-order valence-corrected chi connectivity index (χ4v) is 4.09. The maximum Gasteiger partial charge on any atom is 0.271 e. The zero-order valence-corrected chi connectivity index (χ0v) is 20.9. The van der Waals surface area contributed by atoms with E-state index in [-0.39, 0.29) is 27.3 Å². The van der Waals surface area contributed by atoms with Crippen molar-refractivity contribution in [1.82, 2.24) is 19.9 Å². The molecule has 34 heavy (non-hydrogen) atoms. The van der Waals surface area contributed by atoms with Gasteiger partial charge < -0.3 is 5.11 Å². The Labute approximate surface area is 199 Å². The summed E-state index contributed by atoms with van der Waals surface area (Å²) in [6.45, 7) is 8.02. The highest BCUT2D eigenvalue weighted by molar-refractivity contribution is 7.89. The van der Waals surface area contributed by atoms with Gasteiger partial charge in [0.25, 0.3) is 5.91 Å². The molecule has 0 aliphatic rings. The molecular weight excluding hydrogens is 454 g/mol. The van der Waals surface area contributed by atoms with Crippen molar-refractivity contribution in [3.05, 3.63) is 65.4 Å². The Bertz CT molecular complexity index is 1330. The Balaban J connectivity index is 1.80. The number of amides is 1. The lowest BCUT2D eigenvalue weighted by Gasteiger charge is -2.19. The predicted octanol–water partition coefficient (Wildman–Crippen LogP) is 3.15. The molecule has 0 radical (unpaired) electrons. The van der Waals surface area contributed by atoms with E-state index in [0.29, 0.717) is 11.4 Å². The number of hydrogen-bond acceptors (Lipinski definition) is 6. The number of hydrogen-bond donors (Lipinski definition) is 3. The number of carbonyl (C=O) groups is 1. The second-order valence-electron chi connectivity index (χ2n) is 8.87. The topological polar surface area (TPSA) is 126 Å². The molecule has 1 amide bonds. The summed E-state index contributed by atoms with van der Waals surface area (Å²) in [4.78, 5) is 12.5. The van der Waals surface area contributed by atoms with Gasteiger partial charge >= 0.3 is 0 Å². The van der Waals surface area contributed by atoms with E-state index in [9.17, 15) is 18.3 Å². The zero-order chi connectivity index (χ0) is 25.3. The van der Waals surface area contributed by atoms with Crippen LogP contribution in [0.4, 0.5) is 0 Å². The number of hydrazone groups is 1. The fourth-order valence-electron chi connectivity index (χ4n) is 3.36. The van der Waals surface area contributed by atoms with Gasteiger partial charge in [-0.1, -0.05) is 45.0 Å². The fraction of sp³-hybridized carbons (Fsp3) is 0.292. The Hall–Kier alpha value is -3.50. The third-order valence-electron chi connectivity index (χ3n) is 5.41. The first-order valence-corrected chi connectivity index (χ1v) is 12.1. The van der Waals surface area contributed by atoms with E-state index in [1.807, 2.05) is 24.3 Å². The van der Waals surface area contributed by atoms with Crippen LogP contribution in [-0.2, 0) is 22.5 Å². The van der Waals surface area contributed by atoms with Crippen LogP contribution >= 0.6 is 0 Å². The summed E-state index contributed by atoms with van der Waals surface area (Å²) in [6.07, 6.45) is 0. The van der Waals surface area contributed by atoms with E-state index < -0.39 is 15.9 Å². The van der Waals surface area contributed by atoms with Crippen LogP contribution in [0.5, 0.6) is 5.75 Å². The van der Waals surface area contributed by atoms with Gasteiger partial charge in [0.2, 0.25) is 10.0 Å². The lowest BCUT2D eigenvalue weighted by molar-refractivity contribution is 0.0954. The van der Waals surface area contributed by atoms with Crippen LogP contribution in [0.25, 0.3) is 11.3 Å². The van der Waals surface area contributed by atoms with E-state index in [1.54, 1.807) is 18.7 Å². The standard InChI is InChI=1S/C24H29N5O4S/c1-15(26-27-23(31)17-9-13-19(14-10-17)34(32,33)25-5)20-22(30)21(29(6)28-20)16-7-11-18(12-8-16)24(2,3)4/h7-14,25,30H,1-6H3,(H,27,31)/b26-15-. The van der Waals surface area contributed by atoms with Crippen molar-refractivity contribution in [2.75, 3.05) is 7.05 Å². The molecule has 3 aromatic rings. The minimum Gasteiger partial charge on any atom is -0.504 e. The monoisotopic (exact) mass is 483 g/mol. The van der Waals surface area contributed by atoms with E-state index in [4.69, 9.17) is 0 Å². The normalized spacial score (nSPS) is 12.6. The first-order valence-electron chi connectivity index (χ1n) is 10.6. The van der Waals surface area contributed by atoms with Gasteiger partial charge in [-0.25, -0.2) is 18.6 Å². The number of aromatic nitrogens is 2. The average Bonchev–Trinajstić information content (AvgIpc) is 3.10. The molecule has 0 aliphatic heterocycles. The average molecular weight is 484 g/mol. The van der Waals surface area contributed by atoms with Gasteiger partial charge in [0.15, 0.2) is 11.4 Å². The molecule has 1 aromatic heterocycles. The number of sulfonamides is 1. The highest BCUT2D eigenvalue weighted by Gasteiger charge is 2.21. The van der Waals surface area contributed by atoms with E-state index in [0.717, 1.165) is 5.56 Å². The number of rotatable bonds is 6. The molecule has 0 atom stereocenters. The summed E-state index contributed by atoms with van der Waals surface area (Å²) >= 11 is 0. The van der Waals surface area contributed by atoms with Crippen molar-refractivity contribution in [1.29, 1.82) is 0 Å². The summed E-state index contributed by atoms with van der Waals surface area (Å²) in [6, 6.07) is 13.4. The molecule has 1 heterocycles. The zero-order valence-electron chi connectivity index (χ0n) is 20.0. The highest BCUT2D eigenvalue weighted by Crippen LogP contribution is 2.33. The molecule has 0 unspecified atom stereocenters. The van der Waals surface area contributed by atoms with Gasteiger partial charge in [-0.15, -0.1) is 0 Å². The molecular formula is C24H29N5O4S. The molecule has 0 bridgehead atoms. The van der Waals surface area contributed by atoms with Crippen molar-refractivity contribution in [3.8, 4) is 17.0 Å². The van der Waals surface area contributed by atoms with Crippen LogP contribution in [-0.4, -0.2) is 42.0 Å². The number of nitrogens with one attached hydrogen (secondary N) is 2. The summed E-state index contributed by atoms with van der Waals surface area (Å²) in [5.41, 5.74) is 5.74. The van der Waals surface area contributed by atoms with Crippen molar-refractivity contribution in [2.45, 2.75) is 38.0 Å². The largest absolute Gasteiger partial charge is 0.504 e. The van der Waals surface area contributed by atoms with Crippen LogP contribution in [0, 0.1) is 0 Å². The van der Waals surface area contributed by atoms with Gasteiger partial charge in [0.1, 0.15) is 5.69 Å². The summed E-state index contributed by atoms with van der Waals surface area (Å²) in [5, 5.41) is 19.3. The molecule has 0 fully saturated rings. The SMILES string of the molecule is CNS(=O)(=O)c1ccc(C(=O)N/N=C(/C)c2nn(C)c(-c3ccc(C(C)(C)C)cc3)c2O)cc1. The molecule has 3 rings (SSSR count). The number of aryl methyl sites for hydroxylation is 1. The second-order valence-corrected chi connectivity index (χ2v) is 10.8. The molecule has 2 aromatic carbocycles. The number of benzene rings is 2. The minimum atomic E-state index is -3.59. The molecule has 0 aliphatic carbocycles. The quantitative estimate of drug-likeness (QED) is 0.367. The molecule has 9 nitrogen and oxygen atoms in total. The van der Waals surface area contributed by atoms with E-state index >= 15 is 0 Å². The summed E-state index contributed by atoms with van der Waals surface area (Å²) in [5.74, 6) is -0.565. The molecule has 0 spiro atoms. The Morgan fingerprint density at radius 1 is 1.06 bits per heavy atom. The lowest BCUT2D eigenvalue weighted by Crippen LogP contribution is -2.21. The molecule has 0 saturated carbocycles. The van der Waals surface area contributed by atoms with Crippen LogP contribution in [0.3, 0.4) is 0 Å². The van der Waals surface area contributed by atoms with Gasteiger partial charge in [-0.05, 0) is 49.2 Å². The maximum absolute atomic E-state index is 12.4. The van der Waals surface area contributed by atoms with Crippen LogP contribution in [0.1, 0.15) is 49.3 Å². The lowest BCUT2D eigenvalue weighted by atomic mass is 9.86. The van der Waals surface area contributed by atoms with Gasteiger partial charge in [0.05, 0.1) is 10.6 Å². The van der Waals surface area contributed by atoms with Gasteiger partial charge in [-0.2, -0.15) is 10.2 Å². The smallest absolute Gasteiger partial charge is 0.271 e. The van der Waals surface area contributed by atoms with Gasteiger partial charge in [0, 0.05) is 18.2 Å². The third kappa shape index (κ3) is 5.18. The van der Waals surface area contributed by atoms with Crippen LogP contribution in [0.15, 0.2) is 58.5 Å². The maximum atomic E-state index is 12.4. The van der Waals surface area contributed by atoms with Crippen molar-refractivity contribution >= 4 is 21.6 Å². The van der Waals surface area contributed by atoms with Crippen molar-refractivity contribution in [3.63, 3.8) is 0 Å². The first kappa shape index (κ1) is 25.1.